The van der Waals surface area contributed by atoms with Gasteiger partial charge in [-0.25, -0.2) is 0 Å². The second kappa shape index (κ2) is 8.60. The highest BCUT2D eigenvalue weighted by Gasteiger charge is 2.29. The zero-order valence-electron chi connectivity index (χ0n) is 17.7. The van der Waals surface area contributed by atoms with Crippen LogP contribution < -0.4 is 0 Å². The fourth-order valence-electron chi connectivity index (χ4n) is 4.75. The number of likely N-dealkylation sites (tertiary alicyclic amines) is 1. The lowest BCUT2D eigenvalue weighted by molar-refractivity contribution is -0.139. The third-order valence-electron chi connectivity index (χ3n) is 6.63. The number of rotatable bonds is 6. The van der Waals surface area contributed by atoms with Crippen molar-refractivity contribution in [2.24, 2.45) is 5.92 Å². The van der Waals surface area contributed by atoms with Crippen LogP contribution in [0.1, 0.15) is 55.7 Å². The van der Waals surface area contributed by atoms with Gasteiger partial charge in [0, 0.05) is 43.5 Å². The third-order valence-corrected chi connectivity index (χ3v) is 6.63. The van der Waals surface area contributed by atoms with E-state index in [4.69, 9.17) is 4.42 Å². The Balaban J connectivity index is 1.35. The molecule has 2 aromatic rings. The van der Waals surface area contributed by atoms with Gasteiger partial charge in [0.05, 0.1) is 12.7 Å². The Hall–Kier alpha value is -2.30. The fraction of sp³-hybridized carbons (Fsp3) is 0.583. The summed E-state index contributed by atoms with van der Waals surface area (Å²) in [6, 6.07) is 4.37. The van der Waals surface area contributed by atoms with Crippen LogP contribution in [0.3, 0.4) is 0 Å². The molecule has 0 bridgehead atoms. The molecule has 0 radical (unpaired) electrons. The Morgan fingerprint density at radius 1 is 1.17 bits per heavy atom. The summed E-state index contributed by atoms with van der Waals surface area (Å²) in [4.78, 5) is 29.3. The van der Waals surface area contributed by atoms with Crippen molar-refractivity contribution in [2.45, 2.75) is 58.3 Å². The van der Waals surface area contributed by atoms with Crippen LogP contribution in [0.4, 0.5) is 0 Å². The van der Waals surface area contributed by atoms with Crippen molar-refractivity contribution in [1.29, 1.82) is 0 Å². The Labute approximate surface area is 173 Å². The molecule has 5 heteroatoms. The van der Waals surface area contributed by atoms with E-state index in [-0.39, 0.29) is 17.7 Å². The van der Waals surface area contributed by atoms with Crippen molar-refractivity contribution >= 4 is 22.8 Å². The maximum absolute atomic E-state index is 12.9. The molecule has 1 saturated heterocycles. The van der Waals surface area contributed by atoms with Crippen LogP contribution in [0.15, 0.2) is 22.8 Å². The summed E-state index contributed by atoms with van der Waals surface area (Å²) < 4.78 is 5.75. The molecule has 0 N–H and O–H groups in total. The van der Waals surface area contributed by atoms with Crippen LogP contribution in [0.25, 0.3) is 11.0 Å². The van der Waals surface area contributed by atoms with Gasteiger partial charge in [0.1, 0.15) is 5.58 Å². The van der Waals surface area contributed by atoms with E-state index in [2.05, 4.69) is 19.1 Å². The molecule has 1 aliphatic heterocycles. The van der Waals surface area contributed by atoms with Crippen LogP contribution in [-0.4, -0.2) is 48.3 Å². The van der Waals surface area contributed by atoms with Crippen molar-refractivity contribution in [1.82, 2.24) is 9.80 Å². The van der Waals surface area contributed by atoms with Crippen molar-refractivity contribution in [3.8, 4) is 0 Å². The number of aryl methyl sites for hydroxylation is 2. The Kier molecular flexibility index (Phi) is 5.93. The van der Waals surface area contributed by atoms with Crippen LogP contribution in [0.2, 0.25) is 0 Å². The van der Waals surface area contributed by atoms with Crippen molar-refractivity contribution < 1.29 is 14.0 Å². The van der Waals surface area contributed by atoms with Gasteiger partial charge < -0.3 is 14.2 Å². The number of hydrogen-bond donors (Lipinski definition) is 0. The van der Waals surface area contributed by atoms with Gasteiger partial charge in [0.25, 0.3) is 0 Å². The number of piperidine rings is 1. The summed E-state index contributed by atoms with van der Waals surface area (Å²) in [6.07, 6.45) is 9.24. The van der Waals surface area contributed by atoms with Gasteiger partial charge in [-0.05, 0) is 61.8 Å². The fourth-order valence-corrected chi connectivity index (χ4v) is 4.75. The highest BCUT2D eigenvalue weighted by atomic mass is 16.3. The van der Waals surface area contributed by atoms with Crippen LogP contribution in [0.5, 0.6) is 0 Å². The normalized spacial score (nSPS) is 17.0. The SMILES string of the molecule is CCCCN(C)C(=O)C1CCN(C(=O)Cc2coc3cc4c(cc23)CCC4)CC1. The second-order valence-electron chi connectivity index (χ2n) is 8.68. The van der Waals surface area contributed by atoms with Gasteiger partial charge in [-0.15, -0.1) is 0 Å². The number of fused-ring (bicyclic) bond motifs is 2. The minimum absolute atomic E-state index is 0.0539. The first-order valence-electron chi connectivity index (χ1n) is 11.1. The summed E-state index contributed by atoms with van der Waals surface area (Å²) in [6.45, 7) is 4.30. The van der Waals surface area contributed by atoms with Crippen molar-refractivity contribution in [2.75, 3.05) is 26.7 Å². The van der Waals surface area contributed by atoms with E-state index in [9.17, 15) is 9.59 Å². The van der Waals surface area contributed by atoms with E-state index in [1.54, 1.807) is 6.26 Å². The Morgan fingerprint density at radius 2 is 1.90 bits per heavy atom. The van der Waals surface area contributed by atoms with Gasteiger partial charge in [-0.2, -0.15) is 0 Å². The summed E-state index contributed by atoms with van der Waals surface area (Å²) in [7, 11) is 1.90. The van der Waals surface area contributed by atoms with Crippen LogP contribution >= 0.6 is 0 Å². The predicted molar refractivity (Wildman–Crippen MR) is 114 cm³/mol. The molecule has 4 rings (SSSR count). The van der Waals surface area contributed by atoms with Gasteiger partial charge in [-0.1, -0.05) is 13.3 Å². The first kappa shape index (κ1) is 20.0. The molecule has 156 valence electrons. The minimum atomic E-state index is 0.0539. The Bertz CT molecular complexity index is 893. The van der Waals surface area contributed by atoms with Gasteiger partial charge in [-0.3, -0.25) is 9.59 Å². The highest BCUT2D eigenvalue weighted by Crippen LogP contribution is 2.31. The molecular weight excluding hydrogens is 364 g/mol. The van der Waals surface area contributed by atoms with E-state index >= 15 is 0 Å². The molecule has 5 nitrogen and oxygen atoms in total. The number of hydrogen-bond acceptors (Lipinski definition) is 3. The van der Waals surface area contributed by atoms with Gasteiger partial charge >= 0.3 is 0 Å². The molecule has 1 aromatic heterocycles. The first-order valence-corrected chi connectivity index (χ1v) is 11.1. The zero-order chi connectivity index (χ0) is 20.4. The zero-order valence-corrected chi connectivity index (χ0v) is 17.7. The Morgan fingerprint density at radius 3 is 2.62 bits per heavy atom. The van der Waals surface area contributed by atoms with Crippen LogP contribution in [-0.2, 0) is 28.9 Å². The molecule has 0 spiro atoms. The van der Waals surface area contributed by atoms with Crippen molar-refractivity contribution in [3.63, 3.8) is 0 Å². The van der Waals surface area contributed by atoms with E-state index in [0.717, 1.165) is 61.6 Å². The number of benzene rings is 1. The molecule has 1 aliphatic carbocycles. The molecule has 0 atom stereocenters. The molecule has 2 heterocycles. The minimum Gasteiger partial charge on any atom is -0.464 e. The summed E-state index contributed by atoms with van der Waals surface area (Å²) in [5.74, 6) is 0.428. The number of amides is 2. The average Bonchev–Trinajstić information content (AvgIpc) is 3.36. The number of furan rings is 1. The maximum atomic E-state index is 12.9. The van der Waals surface area contributed by atoms with E-state index < -0.39 is 0 Å². The monoisotopic (exact) mass is 396 g/mol. The molecule has 2 aliphatic rings. The van der Waals surface area contributed by atoms with E-state index in [0.29, 0.717) is 19.5 Å². The highest BCUT2D eigenvalue weighted by molar-refractivity contribution is 5.89. The van der Waals surface area contributed by atoms with E-state index in [1.165, 1.54) is 17.5 Å². The van der Waals surface area contributed by atoms with E-state index in [1.807, 2.05) is 16.8 Å². The topological polar surface area (TPSA) is 53.8 Å². The molecule has 0 saturated carbocycles. The molecule has 1 fully saturated rings. The number of carbonyl (C=O) groups excluding carboxylic acids is 2. The second-order valence-corrected chi connectivity index (χ2v) is 8.68. The third kappa shape index (κ3) is 4.19. The summed E-state index contributed by atoms with van der Waals surface area (Å²) in [5, 5.41) is 1.08. The average molecular weight is 397 g/mol. The number of unbranched alkanes of at least 4 members (excludes halogenated alkanes) is 1. The first-order chi connectivity index (χ1) is 14.1. The predicted octanol–water partition coefficient (Wildman–Crippen LogP) is 3.96. The lowest BCUT2D eigenvalue weighted by Crippen LogP contribution is -2.44. The molecule has 29 heavy (non-hydrogen) atoms. The number of carbonyl (C=O) groups is 2. The quantitative estimate of drug-likeness (QED) is 0.743. The smallest absolute Gasteiger partial charge is 0.227 e. The van der Waals surface area contributed by atoms with Crippen molar-refractivity contribution in [3.05, 3.63) is 35.1 Å². The molecular formula is C24H32N2O3. The number of nitrogens with zero attached hydrogens (tertiary/aromatic N) is 2. The summed E-state index contributed by atoms with van der Waals surface area (Å²) in [5.41, 5.74) is 4.67. The largest absolute Gasteiger partial charge is 0.464 e. The van der Waals surface area contributed by atoms with Gasteiger partial charge in [0.2, 0.25) is 11.8 Å². The lowest BCUT2D eigenvalue weighted by Gasteiger charge is -2.33. The maximum Gasteiger partial charge on any atom is 0.227 e. The summed E-state index contributed by atoms with van der Waals surface area (Å²) >= 11 is 0. The molecule has 1 aromatic carbocycles. The molecule has 0 unspecified atom stereocenters. The molecule has 2 amide bonds. The van der Waals surface area contributed by atoms with Crippen LogP contribution in [0, 0.1) is 5.92 Å². The lowest BCUT2D eigenvalue weighted by atomic mass is 9.94. The van der Waals surface area contributed by atoms with Gasteiger partial charge in [0.15, 0.2) is 0 Å². The standard InChI is InChI=1S/C24H32N2O3/c1-3-4-10-25(2)24(28)17-8-11-26(12-9-17)23(27)15-20-16-29-22-14-19-7-5-6-18(19)13-21(20)22/h13-14,16-17H,3-12,15H2,1-2H3.